The van der Waals surface area contributed by atoms with Crippen LogP contribution in [0, 0.1) is 17.5 Å². The van der Waals surface area contributed by atoms with Crippen molar-refractivity contribution < 1.29 is 13.2 Å². The van der Waals surface area contributed by atoms with Gasteiger partial charge in [-0.05, 0) is 30.7 Å². The highest BCUT2D eigenvalue weighted by atomic mass is 19.2. The molecule has 0 saturated heterocycles. The maximum atomic E-state index is 12.9. The van der Waals surface area contributed by atoms with Crippen LogP contribution in [0.5, 0.6) is 0 Å². The standard InChI is InChI=1S/C12H13F3N4/c13-9-4-8(5-10(14)12(9)15)6-16-3-1-2-11-17-7-18-19-11/h4-5,7,16H,1-3,6H2,(H,17,18,19). The number of aryl methyl sites for hydroxylation is 1. The molecule has 0 fully saturated rings. The lowest BCUT2D eigenvalue weighted by Crippen LogP contribution is -2.16. The zero-order valence-electron chi connectivity index (χ0n) is 10.1. The molecule has 0 aliphatic carbocycles. The monoisotopic (exact) mass is 270 g/mol. The van der Waals surface area contributed by atoms with Crippen molar-refractivity contribution in [2.24, 2.45) is 0 Å². The molecule has 7 heteroatoms. The Bertz CT molecular complexity index is 505. The maximum Gasteiger partial charge on any atom is 0.194 e. The predicted octanol–water partition coefficient (Wildman–Crippen LogP) is 1.94. The zero-order chi connectivity index (χ0) is 13.7. The van der Waals surface area contributed by atoms with Gasteiger partial charge in [-0.1, -0.05) is 0 Å². The van der Waals surface area contributed by atoms with E-state index in [1.807, 2.05) is 0 Å². The summed E-state index contributed by atoms with van der Waals surface area (Å²) in [5.41, 5.74) is 0.371. The summed E-state index contributed by atoms with van der Waals surface area (Å²) in [5.74, 6) is -2.98. The third kappa shape index (κ3) is 3.78. The predicted molar refractivity (Wildman–Crippen MR) is 62.7 cm³/mol. The fourth-order valence-electron chi connectivity index (χ4n) is 1.67. The fourth-order valence-corrected chi connectivity index (χ4v) is 1.67. The molecule has 0 radical (unpaired) electrons. The molecule has 0 saturated carbocycles. The van der Waals surface area contributed by atoms with Crippen molar-refractivity contribution in [1.29, 1.82) is 0 Å². The van der Waals surface area contributed by atoms with Crippen LogP contribution in [0.4, 0.5) is 13.2 Å². The van der Waals surface area contributed by atoms with Gasteiger partial charge in [0.1, 0.15) is 12.2 Å². The molecule has 0 unspecified atom stereocenters. The van der Waals surface area contributed by atoms with E-state index in [4.69, 9.17) is 0 Å². The Balaban J connectivity index is 1.74. The molecule has 0 spiro atoms. The van der Waals surface area contributed by atoms with E-state index in [-0.39, 0.29) is 6.54 Å². The number of aromatic amines is 1. The SMILES string of the molecule is Fc1cc(CNCCCc2ncn[nH]2)cc(F)c1F. The minimum Gasteiger partial charge on any atom is -0.313 e. The molecule has 102 valence electrons. The molecule has 1 heterocycles. The first-order valence-corrected chi connectivity index (χ1v) is 5.85. The van der Waals surface area contributed by atoms with Gasteiger partial charge >= 0.3 is 0 Å². The van der Waals surface area contributed by atoms with Crippen LogP contribution < -0.4 is 5.32 Å². The molecule has 1 aromatic carbocycles. The van der Waals surface area contributed by atoms with Crippen LogP contribution >= 0.6 is 0 Å². The van der Waals surface area contributed by atoms with Gasteiger partial charge in [0.2, 0.25) is 0 Å². The van der Waals surface area contributed by atoms with E-state index in [2.05, 4.69) is 20.5 Å². The molecule has 0 bridgehead atoms. The smallest absolute Gasteiger partial charge is 0.194 e. The molecule has 0 aliphatic heterocycles. The third-order valence-corrected chi connectivity index (χ3v) is 2.60. The Labute approximate surface area is 108 Å². The van der Waals surface area contributed by atoms with Gasteiger partial charge in [0.05, 0.1) is 0 Å². The van der Waals surface area contributed by atoms with E-state index in [1.54, 1.807) is 0 Å². The summed E-state index contributed by atoms with van der Waals surface area (Å²) in [5, 5.41) is 9.48. The summed E-state index contributed by atoms with van der Waals surface area (Å²) < 4.78 is 38.6. The number of H-pyrrole nitrogens is 1. The first-order valence-electron chi connectivity index (χ1n) is 5.85. The summed E-state index contributed by atoms with van der Waals surface area (Å²) in [7, 11) is 0. The number of rotatable bonds is 6. The molecule has 1 aromatic heterocycles. The summed E-state index contributed by atoms with van der Waals surface area (Å²) in [6, 6.07) is 1.98. The number of hydrogen-bond donors (Lipinski definition) is 2. The lowest BCUT2D eigenvalue weighted by molar-refractivity contribution is 0.444. The first-order chi connectivity index (χ1) is 9.16. The second-order valence-electron chi connectivity index (χ2n) is 4.09. The van der Waals surface area contributed by atoms with E-state index in [9.17, 15) is 13.2 Å². The van der Waals surface area contributed by atoms with E-state index >= 15 is 0 Å². The van der Waals surface area contributed by atoms with E-state index < -0.39 is 17.5 Å². The van der Waals surface area contributed by atoms with Crippen LogP contribution in [0.1, 0.15) is 17.8 Å². The molecule has 2 N–H and O–H groups in total. The highest BCUT2D eigenvalue weighted by Gasteiger charge is 2.09. The Kier molecular flexibility index (Phi) is 4.51. The van der Waals surface area contributed by atoms with Crippen LogP contribution in [0.25, 0.3) is 0 Å². The van der Waals surface area contributed by atoms with Gasteiger partial charge in [0.25, 0.3) is 0 Å². The summed E-state index contributed by atoms with van der Waals surface area (Å²) in [6.45, 7) is 0.936. The Morgan fingerprint density at radius 3 is 2.53 bits per heavy atom. The summed E-state index contributed by atoms with van der Waals surface area (Å²) in [4.78, 5) is 3.97. The molecule has 0 atom stereocenters. The van der Waals surface area contributed by atoms with Gasteiger partial charge in [-0.2, -0.15) is 5.10 Å². The number of nitrogens with zero attached hydrogens (tertiary/aromatic N) is 2. The average Bonchev–Trinajstić information content (AvgIpc) is 2.88. The highest BCUT2D eigenvalue weighted by Crippen LogP contribution is 2.13. The van der Waals surface area contributed by atoms with Crippen molar-refractivity contribution >= 4 is 0 Å². The largest absolute Gasteiger partial charge is 0.313 e. The van der Waals surface area contributed by atoms with Crippen molar-refractivity contribution in [2.45, 2.75) is 19.4 Å². The quantitative estimate of drug-likeness (QED) is 0.623. The van der Waals surface area contributed by atoms with Gasteiger partial charge in [0, 0.05) is 13.0 Å². The van der Waals surface area contributed by atoms with Crippen LogP contribution in [0.3, 0.4) is 0 Å². The lowest BCUT2D eigenvalue weighted by atomic mass is 10.2. The maximum absolute atomic E-state index is 12.9. The Morgan fingerprint density at radius 1 is 1.16 bits per heavy atom. The van der Waals surface area contributed by atoms with Crippen LogP contribution in [-0.4, -0.2) is 21.7 Å². The zero-order valence-corrected chi connectivity index (χ0v) is 10.1. The Hall–Kier alpha value is -1.89. The van der Waals surface area contributed by atoms with Crippen LogP contribution in [0.15, 0.2) is 18.5 Å². The second-order valence-corrected chi connectivity index (χ2v) is 4.09. The topological polar surface area (TPSA) is 53.6 Å². The number of benzene rings is 1. The molecule has 2 rings (SSSR count). The first kappa shape index (κ1) is 13.5. The van der Waals surface area contributed by atoms with Crippen molar-refractivity contribution in [1.82, 2.24) is 20.5 Å². The van der Waals surface area contributed by atoms with E-state index in [1.165, 1.54) is 6.33 Å². The van der Waals surface area contributed by atoms with Gasteiger partial charge in [0.15, 0.2) is 17.5 Å². The summed E-state index contributed by atoms with van der Waals surface area (Å²) in [6.07, 6.45) is 2.98. The van der Waals surface area contributed by atoms with Crippen molar-refractivity contribution in [3.63, 3.8) is 0 Å². The fraction of sp³-hybridized carbons (Fsp3) is 0.333. The molecule has 4 nitrogen and oxygen atoms in total. The van der Waals surface area contributed by atoms with Gasteiger partial charge < -0.3 is 5.32 Å². The number of nitrogens with one attached hydrogen (secondary N) is 2. The van der Waals surface area contributed by atoms with E-state index in [0.29, 0.717) is 12.1 Å². The second kappa shape index (κ2) is 6.33. The molecule has 19 heavy (non-hydrogen) atoms. The van der Waals surface area contributed by atoms with Gasteiger partial charge in [-0.15, -0.1) is 0 Å². The number of hydrogen-bond acceptors (Lipinski definition) is 3. The minimum absolute atomic E-state index is 0.282. The number of aromatic nitrogens is 3. The normalized spacial score (nSPS) is 10.9. The molecular formula is C12H13F3N4. The molecular weight excluding hydrogens is 257 g/mol. The lowest BCUT2D eigenvalue weighted by Gasteiger charge is -2.05. The summed E-state index contributed by atoms with van der Waals surface area (Å²) >= 11 is 0. The Morgan fingerprint density at radius 2 is 1.89 bits per heavy atom. The third-order valence-electron chi connectivity index (χ3n) is 2.60. The molecule has 0 amide bonds. The van der Waals surface area contributed by atoms with E-state index in [0.717, 1.165) is 30.8 Å². The van der Waals surface area contributed by atoms with Gasteiger partial charge in [-0.25, -0.2) is 18.2 Å². The van der Waals surface area contributed by atoms with Crippen LogP contribution in [0.2, 0.25) is 0 Å². The van der Waals surface area contributed by atoms with Crippen molar-refractivity contribution in [3.8, 4) is 0 Å². The van der Waals surface area contributed by atoms with Crippen LogP contribution in [-0.2, 0) is 13.0 Å². The molecule has 2 aromatic rings. The minimum atomic E-state index is -1.44. The van der Waals surface area contributed by atoms with Crippen molar-refractivity contribution in [3.05, 3.63) is 47.3 Å². The highest BCUT2D eigenvalue weighted by molar-refractivity contribution is 5.19. The molecule has 0 aliphatic rings. The number of halogens is 3. The van der Waals surface area contributed by atoms with Crippen molar-refractivity contribution in [2.75, 3.05) is 6.54 Å². The average molecular weight is 270 g/mol. The van der Waals surface area contributed by atoms with Gasteiger partial charge in [-0.3, -0.25) is 5.10 Å².